The summed E-state index contributed by atoms with van der Waals surface area (Å²) in [5, 5.41) is 0. The van der Waals surface area contributed by atoms with Gasteiger partial charge in [-0.05, 0) is 31.7 Å². The van der Waals surface area contributed by atoms with Gasteiger partial charge in [0, 0.05) is 5.56 Å². The molecule has 0 N–H and O–H groups in total. The fraction of sp³-hybridized carbons (Fsp3) is 0.455. The Kier molecular flexibility index (Phi) is 2.58. The van der Waals surface area contributed by atoms with Crippen molar-refractivity contribution in [2.45, 2.75) is 26.2 Å². The number of hydrogen-bond acceptors (Lipinski definition) is 4. The number of carbonyl (C=O) groups excluding carboxylic acids is 1. The monoisotopic (exact) mass is 208 g/mol. The van der Waals surface area contributed by atoms with Crippen molar-refractivity contribution in [1.29, 1.82) is 0 Å². The normalized spacial score (nSPS) is 13.7. The molecule has 0 radical (unpaired) electrons. The van der Waals surface area contributed by atoms with Crippen molar-refractivity contribution in [3.63, 3.8) is 0 Å². The van der Waals surface area contributed by atoms with E-state index >= 15 is 0 Å². The minimum atomic E-state index is -0.403. The van der Waals surface area contributed by atoms with Crippen LogP contribution in [0.25, 0.3) is 0 Å². The molecule has 1 aliphatic carbocycles. The first-order chi connectivity index (χ1) is 7.24. The number of hydrogen-bond donors (Lipinski definition) is 0. The lowest BCUT2D eigenvalue weighted by molar-refractivity contribution is 0.0522. The van der Waals surface area contributed by atoms with Gasteiger partial charge in [-0.2, -0.15) is 0 Å². The van der Waals surface area contributed by atoms with E-state index in [0.29, 0.717) is 24.2 Å². The minimum Gasteiger partial charge on any atom is -0.462 e. The molecule has 4 nitrogen and oxygen atoms in total. The minimum absolute atomic E-state index is 0.324. The van der Waals surface area contributed by atoms with E-state index in [2.05, 4.69) is 0 Å². The third-order valence-corrected chi connectivity index (χ3v) is 2.57. The van der Waals surface area contributed by atoms with Crippen molar-refractivity contribution in [3.05, 3.63) is 33.4 Å². The molecule has 0 fully saturated rings. The van der Waals surface area contributed by atoms with E-state index in [9.17, 15) is 9.59 Å². The molecule has 1 heterocycles. The molecule has 80 valence electrons. The maximum Gasteiger partial charge on any atom is 0.341 e. The van der Waals surface area contributed by atoms with E-state index in [1.165, 1.54) is 6.26 Å². The summed E-state index contributed by atoms with van der Waals surface area (Å²) in [5.41, 5.74) is 1.53. The Hall–Kier alpha value is -1.58. The van der Waals surface area contributed by atoms with Crippen LogP contribution in [0, 0.1) is 0 Å². The number of fused-ring (bicyclic) bond motifs is 1. The average molecular weight is 208 g/mol. The zero-order valence-electron chi connectivity index (χ0n) is 8.54. The van der Waals surface area contributed by atoms with Crippen LogP contribution >= 0.6 is 0 Å². The Labute approximate surface area is 86.9 Å². The maximum atomic E-state index is 11.5. The van der Waals surface area contributed by atoms with Crippen LogP contribution in [0.5, 0.6) is 0 Å². The smallest absolute Gasteiger partial charge is 0.341 e. The van der Waals surface area contributed by atoms with Crippen LogP contribution in [0.15, 0.2) is 15.5 Å². The zero-order chi connectivity index (χ0) is 10.8. The summed E-state index contributed by atoms with van der Waals surface area (Å²) < 4.78 is 9.70. The molecule has 0 saturated carbocycles. The van der Waals surface area contributed by atoms with E-state index in [-0.39, 0.29) is 5.63 Å². The molecular formula is C11H12O4. The van der Waals surface area contributed by atoms with Crippen LogP contribution in [-0.2, 0) is 17.6 Å². The lowest BCUT2D eigenvalue weighted by Gasteiger charge is -2.05. The molecule has 15 heavy (non-hydrogen) atoms. The Morgan fingerprint density at radius 2 is 2.20 bits per heavy atom. The van der Waals surface area contributed by atoms with Crippen LogP contribution < -0.4 is 5.63 Å². The molecule has 0 saturated heterocycles. The summed E-state index contributed by atoms with van der Waals surface area (Å²) in [6.45, 7) is 2.07. The molecule has 0 aliphatic heterocycles. The van der Waals surface area contributed by atoms with E-state index < -0.39 is 5.97 Å². The molecule has 0 spiro atoms. The molecule has 0 atom stereocenters. The average Bonchev–Trinajstić information content (AvgIpc) is 2.68. The number of carbonyl (C=O) groups is 1. The number of rotatable bonds is 2. The number of esters is 1. The predicted molar refractivity (Wildman–Crippen MR) is 53.0 cm³/mol. The van der Waals surface area contributed by atoms with Crippen molar-refractivity contribution >= 4 is 5.97 Å². The zero-order valence-corrected chi connectivity index (χ0v) is 8.54. The van der Waals surface area contributed by atoms with Gasteiger partial charge in [-0.25, -0.2) is 9.59 Å². The highest BCUT2D eigenvalue weighted by atomic mass is 16.5. The Balaban J connectivity index is 2.46. The van der Waals surface area contributed by atoms with Crippen molar-refractivity contribution < 1.29 is 13.9 Å². The molecule has 1 aromatic rings. The Morgan fingerprint density at radius 1 is 1.47 bits per heavy atom. The fourth-order valence-electron chi connectivity index (χ4n) is 1.90. The van der Waals surface area contributed by atoms with Crippen LogP contribution in [-0.4, -0.2) is 12.6 Å². The van der Waals surface area contributed by atoms with Crippen LogP contribution in [0.4, 0.5) is 0 Å². The van der Waals surface area contributed by atoms with Gasteiger partial charge in [-0.3, -0.25) is 0 Å². The van der Waals surface area contributed by atoms with Crippen molar-refractivity contribution in [2.24, 2.45) is 0 Å². The first kappa shape index (κ1) is 9.96. The van der Waals surface area contributed by atoms with Crippen LogP contribution in [0.3, 0.4) is 0 Å². The highest BCUT2D eigenvalue weighted by Gasteiger charge is 2.23. The summed E-state index contributed by atoms with van der Waals surface area (Å²) in [4.78, 5) is 22.9. The molecule has 0 amide bonds. The highest BCUT2D eigenvalue weighted by molar-refractivity contribution is 5.91. The third-order valence-electron chi connectivity index (χ3n) is 2.57. The van der Waals surface area contributed by atoms with Gasteiger partial charge in [-0.15, -0.1) is 0 Å². The predicted octanol–water partition coefficient (Wildman–Crippen LogP) is 1.31. The molecule has 2 rings (SSSR count). The molecule has 1 aliphatic rings. The Morgan fingerprint density at radius 3 is 2.93 bits per heavy atom. The fourth-order valence-corrected chi connectivity index (χ4v) is 1.90. The molecular weight excluding hydrogens is 196 g/mol. The number of ether oxygens (including phenoxy) is 1. The van der Waals surface area contributed by atoms with Crippen molar-refractivity contribution in [1.82, 2.24) is 0 Å². The second-order valence-electron chi connectivity index (χ2n) is 3.47. The van der Waals surface area contributed by atoms with E-state index in [4.69, 9.17) is 9.15 Å². The van der Waals surface area contributed by atoms with Gasteiger partial charge in [0.2, 0.25) is 0 Å². The van der Waals surface area contributed by atoms with Gasteiger partial charge < -0.3 is 9.15 Å². The summed E-state index contributed by atoms with van der Waals surface area (Å²) in [7, 11) is 0. The topological polar surface area (TPSA) is 56.5 Å². The summed E-state index contributed by atoms with van der Waals surface area (Å²) in [6, 6.07) is 0. The van der Waals surface area contributed by atoms with Crippen molar-refractivity contribution in [2.75, 3.05) is 6.61 Å². The van der Waals surface area contributed by atoms with E-state index in [1.54, 1.807) is 6.92 Å². The first-order valence-corrected chi connectivity index (χ1v) is 5.04. The van der Waals surface area contributed by atoms with Gasteiger partial charge >= 0.3 is 11.6 Å². The maximum absolute atomic E-state index is 11.5. The standard InChI is InChI=1S/C11H12O4/c1-2-14-11(13)9-6-15-10(12)8-5-3-4-7(8)9/h6H,2-5H2,1H3. The summed E-state index contributed by atoms with van der Waals surface area (Å²) >= 11 is 0. The second kappa shape index (κ2) is 3.88. The summed E-state index contributed by atoms with van der Waals surface area (Å²) in [5.74, 6) is -0.403. The SMILES string of the molecule is CCOC(=O)c1coc(=O)c2c1CCC2. The second-order valence-corrected chi connectivity index (χ2v) is 3.47. The van der Waals surface area contributed by atoms with Crippen LogP contribution in [0.2, 0.25) is 0 Å². The van der Waals surface area contributed by atoms with Gasteiger partial charge in [0.1, 0.15) is 6.26 Å². The first-order valence-electron chi connectivity index (χ1n) is 5.04. The molecule has 1 aromatic heterocycles. The largest absolute Gasteiger partial charge is 0.462 e. The highest BCUT2D eigenvalue weighted by Crippen LogP contribution is 2.22. The quantitative estimate of drug-likeness (QED) is 0.687. The third kappa shape index (κ3) is 1.67. The Bertz CT molecular complexity index is 444. The van der Waals surface area contributed by atoms with Crippen LogP contribution in [0.1, 0.15) is 34.8 Å². The van der Waals surface area contributed by atoms with Gasteiger partial charge in [-0.1, -0.05) is 0 Å². The van der Waals surface area contributed by atoms with E-state index in [0.717, 1.165) is 18.4 Å². The molecule has 0 aromatic carbocycles. The molecule has 4 heteroatoms. The molecule has 0 unspecified atom stereocenters. The van der Waals surface area contributed by atoms with E-state index in [1.807, 2.05) is 0 Å². The van der Waals surface area contributed by atoms with Crippen molar-refractivity contribution in [3.8, 4) is 0 Å². The summed E-state index contributed by atoms with van der Waals surface area (Å²) in [6.07, 6.45) is 3.57. The molecule has 0 bridgehead atoms. The van der Waals surface area contributed by atoms with Gasteiger partial charge in [0.05, 0.1) is 12.2 Å². The lowest BCUT2D eigenvalue weighted by atomic mass is 10.1. The van der Waals surface area contributed by atoms with Gasteiger partial charge in [0.15, 0.2) is 0 Å². The van der Waals surface area contributed by atoms with Gasteiger partial charge in [0.25, 0.3) is 0 Å². The lowest BCUT2D eigenvalue weighted by Crippen LogP contribution is -2.13.